The van der Waals surface area contributed by atoms with Crippen molar-refractivity contribution in [3.05, 3.63) is 58.6 Å². The maximum absolute atomic E-state index is 11.8. The average molecular weight is 336 g/mol. The number of hydrogen-bond acceptors (Lipinski definition) is 3. The first-order valence-electron chi connectivity index (χ1n) is 6.87. The second-order valence-corrected chi connectivity index (χ2v) is 6.14. The van der Waals surface area contributed by atoms with Crippen LogP contribution in [0.5, 0.6) is 5.75 Å². The minimum absolute atomic E-state index is 0.00856. The van der Waals surface area contributed by atoms with E-state index in [-0.39, 0.29) is 12.5 Å². The molecule has 0 unspecified atom stereocenters. The molecule has 22 heavy (non-hydrogen) atoms. The topological polar surface area (TPSA) is 38.3 Å². The molecule has 0 atom stereocenters. The van der Waals surface area contributed by atoms with Crippen LogP contribution in [-0.4, -0.2) is 18.8 Å². The van der Waals surface area contributed by atoms with Crippen LogP contribution in [0.2, 0.25) is 5.02 Å². The van der Waals surface area contributed by atoms with Crippen molar-refractivity contribution < 1.29 is 9.53 Å². The summed E-state index contributed by atoms with van der Waals surface area (Å²) < 4.78 is 5.50. The van der Waals surface area contributed by atoms with Crippen molar-refractivity contribution in [2.45, 2.75) is 18.4 Å². The van der Waals surface area contributed by atoms with Crippen LogP contribution in [0.1, 0.15) is 11.1 Å². The number of thioether (sulfide) groups is 1. The highest BCUT2D eigenvalue weighted by Crippen LogP contribution is 2.21. The van der Waals surface area contributed by atoms with E-state index in [1.54, 1.807) is 23.9 Å². The van der Waals surface area contributed by atoms with Gasteiger partial charge in [0.2, 0.25) is 0 Å². The summed E-state index contributed by atoms with van der Waals surface area (Å²) in [6.07, 6.45) is 2.03. The first-order chi connectivity index (χ1) is 10.6. The summed E-state index contributed by atoms with van der Waals surface area (Å²) in [6, 6.07) is 13.4. The molecular formula is C17H18ClNO2S. The van der Waals surface area contributed by atoms with E-state index in [1.807, 2.05) is 43.5 Å². The molecule has 1 amide bonds. The Labute approximate surface area is 140 Å². The maximum atomic E-state index is 11.8. The lowest BCUT2D eigenvalue weighted by Crippen LogP contribution is -2.28. The van der Waals surface area contributed by atoms with Crippen LogP contribution in [0.25, 0.3) is 0 Å². The number of aryl methyl sites for hydroxylation is 1. The number of benzene rings is 2. The van der Waals surface area contributed by atoms with Gasteiger partial charge in [0.05, 0.1) is 0 Å². The number of nitrogens with one attached hydrogen (secondary N) is 1. The number of hydrogen-bond donors (Lipinski definition) is 1. The van der Waals surface area contributed by atoms with Gasteiger partial charge >= 0.3 is 0 Å². The summed E-state index contributed by atoms with van der Waals surface area (Å²) >= 11 is 7.58. The SMILES string of the molecule is CSc1ccc(CNC(=O)COc2ccc(Cl)cc2C)cc1. The molecule has 3 nitrogen and oxygen atoms in total. The zero-order valence-corrected chi connectivity index (χ0v) is 14.1. The fraction of sp³-hybridized carbons (Fsp3) is 0.235. The lowest BCUT2D eigenvalue weighted by molar-refractivity contribution is -0.123. The van der Waals surface area contributed by atoms with E-state index < -0.39 is 0 Å². The van der Waals surface area contributed by atoms with Gasteiger partial charge in [0.25, 0.3) is 5.91 Å². The minimum Gasteiger partial charge on any atom is -0.484 e. The van der Waals surface area contributed by atoms with E-state index >= 15 is 0 Å². The van der Waals surface area contributed by atoms with Gasteiger partial charge in [-0.2, -0.15) is 0 Å². The van der Waals surface area contributed by atoms with E-state index in [9.17, 15) is 4.79 Å². The molecule has 0 aliphatic heterocycles. The minimum atomic E-state index is -0.150. The summed E-state index contributed by atoms with van der Waals surface area (Å²) in [7, 11) is 0. The fourth-order valence-corrected chi connectivity index (χ4v) is 2.55. The highest BCUT2D eigenvalue weighted by Gasteiger charge is 2.05. The van der Waals surface area contributed by atoms with Crippen molar-refractivity contribution in [3.8, 4) is 5.75 Å². The predicted octanol–water partition coefficient (Wildman–Crippen LogP) is 4.07. The van der Waals surface area contributed by atoms with Crippen LogP contribution in [0, 0.1) is 6.92 Å². The first-order valence-corrected chi connectivity index (χ1v) is 8.47. The number of ether oxygens (including phenoxy) is 1. The van der Waals surface area contributed by atoms with Crippen molar-refractivity contribution in [1.29, 1.82) is 0 Å². The lowest BCUT2D eigenvalue weighted by Gasteiger charge is -2.10. The van der Waals surface area contributed by atoms with Crippen LogP contribution < -0.4 is 10.1 Å². The Balaban J connectivity index is 1.80. The Kier molecular flexibility index (Phi) is 6.16. The molecule has 2 aromatic rings. The molecule has 0 radical (unpaired) electrons. The maximum Gasteiger partial charge on any atom is 0.258 e. The standard InChI is InChI=1S/C17H18ClNO2S/c1-12-9-14(18)5-8-16(12)21-11-17(20)19-10-13-3-6-15(22-2)7-4-13/h3-9H,10-11H2,1-2H3,(H,19,20). The van der Waals surface area contributed by atoms with Crippen molar-refractivity contribution in [1.82, 2.24) is 5.32 Å². The third-order valence-electron chi connectivity index (χ3n) is 3.14. The number of amides is 1. The Morgan fingerprint density at radius 2 is 1.95 bits per heavy atom. The zero-order valence-electron chi connectivity index (χ0n) is 12.6. The van der Waals surface area contributed by atoms with E-state index in [0.29, 0.717) is 17.3 Å². The van der Waals surface area contributed by atoms with Crippen LogP contribution in [0.15, 0.2) is 47.4 Å². The summed E-state index contributed by atoms with van der Waals surface area (Å²) in [6.45, 7) is 2.38. The largest absolute Gasteiger partial charge is 0.484 e. The monoisotopic (exact) mass is 335 g/mol. The van der Waals surface area contributed by atoms with Crippen molar-refractivity contribution in [2.75, 3.05) is 12.9 Å². The van der Waals surface area contributed by atoms with E-state index in [2.05, 4.69) is 5.32 Å². The Hall–Kier alpha value is -1.65. The van der Waals surface area contributed by atoms with Gasteiger partial charge in [-0.25, -0.2) is 0 Å². The van der Waals surface area contributed by atoms with Crippen LogP contribution in [0.4, 0.5) is 0 Å². The first kappa shape index (κ1) is 16.7. The molecule has 2 rings (SSSR count). The van der Waals surface area contributed by atoms with Crippen LogP contribution in [-0.2, 0) is 11.3 Å². The van der Waals surface area contributed by atoms with Gasteiger partial charge in [-0.05, 0) is 54.6 Å². The number of carbonyl (C=O) groups excluding carboxylic acids is 1. The van der Waals surface area contributed by atoms with E-state index in [0.717, 1.165) is 11.1 Å². The fourth-order valence-electron chi connectivity index (χ4n) is 1.91. The van der Waals surface area contributed by atoms with E-state index in [1.165, 1.54) is 4.90 Å². The average Bonchev–Trinajstić information content (AvgIpc) is 2.52. The molecule has 5 heteroatoms. The second kappa shape index (κ2) is 8.11. The molecule has 0 spiro atoms. The summed E-state index contributed by atoms with van der Waals surface area (Å²) in [5, 5.41) is 3.50. The summed E-state index contributed by atoms with van der Waals surface area (Å²) in [5.74, 6) is 0.521. The third-order valence-corrected chi connectivity index (χ3v) is 4.12. The van der Waals surface area contributed by atoms with Crippen LogP contribution in [0.3, 0.4) is 0 Å². The molecule has 0 heterocycles. The highest BCUT2D eigenvalue weighted by atomic mass is 35.5. The molecular weight excluding hydrogens is 318 g/mol. The molecule has 0 aliphatic rings. The molecule has 1 N–H and O–H groups in total. The lowest BCUT2D eigenvalue weighted by atomic mass is 10.2. The Bertz CT molecular complexity index is 644. The molecule has 116 valence electrons. The second-order valence-electron chi connectivity index (χ2n) is 4.82. The molecule has 0 fully saturated rings. The van der Waals surface area contributed by atoms with Gasteiger partial charge in [-0.1, -0.05) is 23.7 Å². The van der Waals surface area contributed by atoms with Crippen molar-refractivity contribution in [2.24, 2.45) is 0 Å². The van der Waals surface area contributed by atoms with Gasteiger partial charge in [0, 0.05) is 16.5 Å². The number of halogens is 1. The van der Waals surface area contributed by atoms with E-state index in [4.69, 9.17) is 16.3 Å². The highest BCUT2D eigenvalue weighted by molar-refractivity contribution is 7.98. The van der Waals surface area contributed by atoms with Crippen molar-refractivity contribution in [3.63, 3.8) is 0 Å². The van der Waals surface area contributed by atoms with Crippen LogP contribution >= 0.6 is 23.4 Å². The molecule has 2 aromatic carbocycles. The molecule has 0 bridgehead atoms. The molecule has 0 aliphatic carbocycles. The van der Waals surface area contributed by atoms with Gasteiger partial charge in [0.1, 0.15) is 5.75 Å². The normalized spacial score (nSPS) is 10.3. The Morgan fingerprint density at radius 1 is 1.23 bits per heavy atom. The summed E-state index contributed by atoms with van der Waals surface area (Å²) in [4.78, 5) is 13.0. The smallest absolute Gasteiger partial charge is 0.258 e. The molecule has 0 saturated heterocycles. The van der Waals surface area contributed by atoms with Gasteiger partial charge in [-0.3, -0.25) is 4.79 Å². The van der Waals surface area contributed by atoms with Crippen molar-refractivity contribution >= 4 is 29.3 Å². The molecule has 0 aromatic heterocycles. The Morgan fingerprint density at radius 3 is 2.59 bits per heavy atom. The van der Waals surface area contributed by atoms with Gasteiger partial charge in [-0.15, -0.1) is 11.8 Å². The molecule has 0 saturated carbocycles. The van der Waals surface area contributed by atoms with Gasteiger partial charge in [0.15, 0.2) is 6.61 Å². The third kappa shape index (κ3) is 4.97. The predicted molar refractivity (Wildman–Crippen MR) is 91.8 cm³/mol. The quantitative estimate of drug-likeness (QED) is 0.809. The number of carbonyl (C=O) groups is 1. The zero-order chi connectivity index (χ0) is 15.9. The number of rotatable bonds is 6. The van der Waals surface area contributed by atoms with Gasteiger partial charge < -0.3 is 10.1 Å². The summed E-state index contributed by atoms with van der Waals surface area (Å²) in [5.41, 5.74) is 1.97.